The molecule has 1 aliphatic rings. The standard InChI is InChI=1S/C17H23N3O/c1-2-7-20-17(13-5-10-21-11-6-13)14-3-4-15-16(12-14)19-9-8-18-15/h3-4,8-9,12-13,17,20H,2,5-7,10-11H2,1H3. The van der Waals surface area contributed by atoms with Crippen LogP contribution in [0, 0.1) is 5.92 Å². The summed E-state index contributed by atoms with van der Waals surface area (Å²) in [5, 5.41) is 3.72. The maximum Gasteiger partial charge on any atom is 0.0890 e. The average molecular weight is 285 g/mol. The van der Waals surface area contributed by atoms with Crippen molar-refractivity contribution in [3.05, 3.63) is 36.2 Å². The summed E-state index contributed by atoms with van der Waals surface area (Å²) in [7, 11) is 0. The molecule has 1 unspecified atom stereocenters. The van der Waals surface area contributed by atoms with Crippen LogP contribution in [0.25, 0.3) is 11.0 Å². The highest BCUT2D eigenvalue weighted by Crippen LogP contribution is 2.31. The zero-order valence-electron chi connectivity index (χ0n) is 12.6. The van der Waals surface area contributed by atoms with Gasteiger partial charge in [-0.15, -0.1) is 0 Å². The van der Waals surface area contributed by atoms with Gasteiger partial charge in [0, 0.05) is 31.6 Å². The van der Waals surface area contributed by atoms with Crippen LogP contribution in [0.3, 0.4) is 0 Å². The highest BCUT2D eigenvalue weighted by molar-refractivity contribution is 5.74. The molecule has 0 spiro atoms. The van der Waals surface area contributed by atoms with E-state index in [9.17, 15) is 0 Å². The van der Waals surface area contributed by atoms with Gasteiger partial charge in [0.25, 0.3) is 0 Å². The second kappa shape index (κ2) is 6.96. The van der Waals surface area contributed by atoms with Crippen molar-refractivity contribution < 1.29 is 4.74 Å². The lowest BCUT2D eigenvalue weighted by Gasteiger charge is -2.31. The van der Waals surface area contributed by atoms with Gasteiger partial charge in [-0.25, -0.2) is 0 Å². The van der Waals surface area contributed by atoms with Crippen molar-refractivity contribution in [1.29, 1.82) is 0 Å². The molecule has 4 heteroatoms. The number of rotatable bonds is 5. The van der Waals surface area contributed by atoms with Gasteiger partial charge in [0.2, 0.25) is 0 Å². The molecule has 0 saturated carbocycles. The monoisotopic (exact) mass is 285 g/mol. The molecular weight excluding hydrogens is 262 g/mol. The molecule has 112 valence electrons. The largest absolute Gasteiger partial charge is 0.381 e. The molecule has 1 atom stereocenters. The Hall–Kier alpha value is -1.52. The van der Waals surface area contributed by atoms with Gasteiger partial charge in [0.1, 0.15) is 0 Å². The van der Waals surface area contributed by atoms with E-state index >= 15 is 0 Å². The van der Waals surface area contributed by atoms with Crippen molar-refractivity contribution in [3.63, 3.8) is 0 Å². The lowest BCUT2D eigenvalue weighted by atomic mass is 9.87. The van der Waals surface area contributed by atoms with E-state index in [0.717, 1.165) is 50.1 Å². The Labute approximate surface area is 125 Å². The summed E-state index contributed by atoms with van der Waals surface area (Å²) >= 11 is 0. The van der Waals surface area contributed by atoms with Gasteiger partial charge < -0.3 is 10.1 Å². The minimum Gasteiger partial charge on any atom is -0.381 e. The van der Waals surface area contributed by atoms with Crippen LogP contribution in [-0.2, 0) is 4.74 Å². The molecule has 2 aromatic rings. The van der Waals surface area contributed by atoms with Crippen molar-refractivity contribution in [2.24, 2.45) is 5.92 Å². The highest BCUT2D eigenvalue weighted by atomic mass is 16.5. The normalized spacial score (nSPS) is 18.0. The van der Waals surface area contributed by atoms with Crippen molar-refractivity contribution in [2.45, 2.75) is 32.2 Å². The second-order valence-corrected chi connectivity index (χ2v) is 5.69. The fourth-order valence-electron chi connectivity index (χ4n) is 3.08. The third kappa shape index (κ3) is 3.39. The van der Waals surface area contributed by atoms with Crippen molar-refractivity contribution in [2.75, 3.05) is 19.8 Å². The fourth-order valence-corrected chi connectivity index (χ4v) is 3.08. The van der Waals surface area contributed by atoms with Gasteiger partial charge in [0.05, 0.1) is 11.0 Å². The fraction of sp³-hybridized carbons (Fsp3) is 0.529. The van der Waals surface area contributed by atoms with Crippen LogP contribution in [0.4, 0.5) is 0 Å². The van der Waals surface area contributed by atoms with Gasteiger partial charge >= 0.3 is 0 Å². The number of aromatic nitrogens is 2. The first-order chi connectivity index (χ1) is 10.4. The Morgan fingerprint density at radius 2 is 1.95 bits per heavy atom. The number of fused-ring (bicyclic) bond motifs is 1. The molecule has 1 aromatic heterocycles. The first kappa shape index (κ1) is 14.4. The van der Waals surface area contributed by atoms with E-state index in [1.54, 1.807) is 12.4 Å². The third-order valence-electron chi connectivity index (χ3n) is 4.20. The van der Waals surface area contributed by atoms with E-state index in [1.165, 1.54) is 5.56 Å². The maximum atomic E-state index is 5.51. The summed E-state index contributed by atoms with van der Waals surface area (Å²) < 4.78 is 5.51. The zero-order valence-corrected chi connectivity index (χ0v) is 12.6. The van der Waals surface area contributed by atoms with Gasteiger partial charge in [0.15, 0.2) is 0 Å². The predicted molar refractivity (Wildman–Crippen MR) is 84.1 cm³/mol. The number of benzene rings is 1. The summed E-state index contributed by atoms with van der Waals surface area (Å²) in [6.45, 7) is 5.01. The molecule has 1 fully saturated rings. The first-order valence-electron chi connectivity index (χ1n) is 7.90. The van der Waals surface area contributed by atoms with E-state index in [-0.39, 0.29) is 0 Å². The first-order valence-corrected chi connectivity index (χ1v) is 7.90. The average Bonchev–Trinajstić information content (AvgIpc) is 2.56. The summed E-state index contributed by atoms with van der Waals surface area (Å²) in [6, 6.07) is 6.85. The Kier molecular flexibility index (Phi) is 4.78. The summed E-state index contributed by atoms with van der Waals surface area (Å²) in [5.41, 5.74) is 3.26. The van der Waals surface area contributed by atoms with Crippen LogP contribution in [0.2, 0.25) is 0 Å². The van der Waals surface area contributed by atoms with Crippen LogP contribution >= 0.6 is 0 Å². The predicted octanol–water partition coefficient (Wildman–Crippen LogP) is 3.10. The zero-order chi connectivity index (χ0) is 14.5. The Morgan fingerprint density at radius 1 is 1.19 bits per heavy atom. The minimum atomic E-state index is 0.389. The van der Waals surface area contributed by atoms with E-state index in [1.807, 2.05) is 0 Å². The number of ether oxygens (including phenoxy) is 1. The molecule has 2 heterocycles. The summed E-state index contributed by atoms with van der Waals surface area (Å²) in [5.74, 6) is 0.638. The topological polar surface area (TPSA) is 47.0 Å². The van der Waals surface area contributed by atoms with Crippen LogP contribution in [0.1, 0.15) is 37.8 Å². The van der Waals surface area contributed by atoms with E-state index in [0.29, 0.717) is 12.0 Å². The molecule has 1 aromatic carbocycles. The molecule has 0 bridgehead atoms. The molecule has 3 rings (SSSR count). The van der Waals surface area contributed by atoms with Gasteiger partial charge in [-0.3, -0.25) is 9.97 Å². The maximum absolute atomic E-state index is 5.51. The van der Waals surface area contributed by atoms with Gasteiger partial charge in [-0.2, -0.15) is 0 Å². The third-order valence-corrected chi connectivity index (χ3v) is 4.20. The smallest absolute Gasteiger partial charge is 0.0890 e. The SMILES string of the molecule is CCCNC(c1ccc2nccnc2c1)C1CCOCC1. The van der Waals surface area contributed by atoms with Crippen molar-refractivity contribution in [1.82, 2.24) is 15.3 Å². The van der Waals surface area contributed by atoms with E-state index < -0.39 is 0 Å². The number of nitrogens with one attached hydrogen (secondary N) is 1. The molecule has 1 aliphatic heterocycles. The number of nitrogens with zero attached hydrogens (tertiary/aromatic N) is 2. The molecule has 21 heavy (non-hydrogen) atoms. The molecule has 0 amide bonds. The highest BCUT2D eigenvalue weighted by Gasteiger charge is 2.25. The molecular formula is C17H23N3O. The molecule has 0 radical (unpaired) electrons. The van der Waals surface area contributed by atoms with E-state index in [4.69, 9.17) is 4.74 Å². The lowest BCUT2D eigenvalue weighted by Crippen LogP contribution is -2.32. The Bertz CT molecular complexity index is 581. The lowest BCUT2D eigenvalue weighted by molar-refractivity contribution is 0.0536. The number of hydrogen-bond donors (Lipinski definition) is 1. The van der Waals surface area contributed by atoms with Crippen molar-refractivity contribution >= 4 is 11.0 Å². The second-order valence-electron chi connectivity index (χ2n) is 5.69. The van der Waals surface area contributed by atoms with E-state index in [2.05, 4.69) is 40.4 Å². The van der Waals surface area contributed by atoms with Gasteiger partial charge in [-0.05, 0) is 49.4 Å². The van der Waals surface area contributed by atoms with Gasteiger partial charge in [-0.1, -0.05) is 13.0 Å². The Morgan fingerprint density at radius 3 is 2.71 bits per heavy atom. The number of hydrogen-bond acceptors (Lipinski definition) is 4. The van der Waals surface area contributed by atoms with Crippen LogP contribution < -0.4 is 5.32 Å². The molecule has 0 aliphatic carbocycles. The minimum absolute atomic E-state index is 0.389. The summed E-state index contributed by atoms with van der Waals surface area (Å²) in [6.07, 6.45) is 6.90. The molecule has 1 N–H and O–H groups in total. The van der Waals surface area contributed by atoms with Crippen LogP contribution in [-0.4, -0.2) is 29.7 Å². The van der Waals surface area contributed by atoms with Crippen molar-refractivity contribution in [3.8, 4) is 0 Å². The quantitative estimate of drug-likeness (QED) is 0.917. The molecule has 1 saturated heterocycles. The van der Waals surface area contributed by atoms with Crippen LogP contribution in [0.15, 0.2) is 30.6 Å². The summed E-state index contributed by atoms with van der Waals surface area (Å²) in [4.78, 5) is 8.79. The molecule has 4 nitrogen and oxygen atoms in total. The van der Waals surface area contributed by atoms with Crippen LogP contribution in [0.5, 0.6) is 0 Å². The Balaban J connectivity index is 1.88.